The number of halogens is 2. The zero-order valence-corrected chi connectivity index (χ0v) is 11.9. The monoisotopic (exact) mass is 285 g/mol. The predicted molar refractivity (Wildman–Crippen MR) is 72.9 cm³/mol. The molecule has 0 amide bonds. The molecule has 0 heterocycles. The lowest BCUT2D eigenvalue weighted by Gasteiger charge is -2.44. The van der Waals surface area contributed by atoms with Crippen molar-refractivity contribution in [2.45, 2.75) is 44.9 Å². The van der Waals surface area contributed by atoms with E-state index in [1.54, 1.807) is 0 Å². The fourth-order valence-corrected chi connectivity index (χ4v) is 2.37. The Balaban J connectivity index is 1.97. The summed E-state index contributed by atoms with van der Waals surface area (Å²) in [5.74, 6) is -1.20. The van der Waals surface area contributed by atoms with E-state index in [0.717, 1.165) is 25.5 Å². The van der Waals surface area contributed by atoms with Gasteiger partial charge in [-0.05, 0) is 25.1 Å². The first-order chi connectivity index (χ1) is 9.65. The fraction of sp³-hybridized carbons (Fsp3) is 0.600. The van der Waals surface area contributed by atoms with Crippen molar-refractivity contribution in [2.24, 2.45) is 0 Å². The van der Waals surface area contributed by atoms with Crippen molar-refractivity contribution in [2.75, 3.05) is 13.2 Å². The summed E-state index contributed by atoms with van der Waals surface area (Å²) in [7, 11) is 0. The molecular formula is C15H21F2NO2. The molecule has 1 aliphatic rings. The molecule has 0 radical (unpaired) electrons. The molecule has 112 valence electrons. The molecule has 0 saturated heterocycles. The van der Waals surface area contributed by atoms with Gasteiger partial charge in [0.25, 0.3) is 0 Å². The van der Waals surface area contributed by atoms with Crippen molar-refractivity contribution in [3.8, 4) is 5.75 Å². The average molecular weight is 285 g/mol. The molecule has 0 bridgehead atoms. The van der Waals surface area contributed by atoms with Crippen LogP contribution in [0.4, 0.5) is 8.78 Å². The first kappa shape index (κ1) is 15.2. The predicted octanol–water partition coefficient (Wildman–Crippen LogP) is 2.89. The summed E-state index contributed by atoms with van der Waals surface area (Å²) >= 11 is 0. The highest BCUT2D eigenvalue weighted by atomic mass is 19.1. The van der Waals surface area contributed by atoms with Crippen molar-refractivity contribution >= 4 is 0 Å². The summed E-state index contributed by atoms with van der Waals surface area (Å²) < 4.78 is 37.8. The van der Waals surface area contributed by atoms with Crippen molar-refractivity contribution in [3.05, 3.63) is 29.8 Å². The third kappa shape index (κ3) is 3.46. The van der Waals surface area contributed by atoms with E-state index in [1.165, 1.54) is 12.1 Å². The number of ether oxygens (including phenoxy) is 2. The molecule has 1 aliphatic carbocycles. The standard InChI is InChI=1S/C15H21F2NO2/c1-3-7-19-15-12(18-4-2)9-14(15)20-13-6-5-10(16)8-11(13)17/h5-6,8,12,14-15,18H,3-4,7,9H2,1-2H3. The molecule has 3 nitrogen and oxygen atoms in total. The summed E-state index contributed by atoms with van der Waals surface area (Å²) in [6, 6.07) is 3.58. The Labute approximate surface area is 118 Å². The Morgan fingerprint density at radius 1 is 1.30 bits per heavy atom. The Morgan fingerprint density at radius 2 is 2.10 bits per heavy atom. The molecule has 1 saturated carbocycles. The molecule has 1 N–H and O–H groups in total. The van der Waals surface area contributed by atoms with Gasteiger partial charge in [-0.25, -0.2) is 8.78 Å². The molecule has 3 unspecified atom stereocenters. The maximum atomic E-state index is 13.6. The smallest absolute Gasteiger partial charge is 0.167 e. The maximum Gasteiger partial charge on any atom is 0.167 e. The summed E-state index contributed by atoms with van der Waals surface area (Å²) in [5.41, 5.74) is 0. The highest BCUT2D eigenvalue weighted by Gasteiger charge is 2.43. The highest BCUT2D eigenvalue weighted by molar-refractivity contribution is 5.25. The number of hydrogen-bond acceptors (Lipinski definition) is 3. The van der Waals surface area contributed by atoms with Gasteiger partial charge in [0.1, 0.15) is 18.0 Å². The van der Waals surface area contributed by atoms with Crippen LogP contribution in [0.2, 0.25) is 0 Å². The van der Waals surface area contributed by atoms with Gasteiger partial charge in [0, 0.05) is 25.1 Å². The number of likely N-dealkylation sites (N-methyl/N-ethyl adjacent to an activating group) is 1. The van der Waals surface area contributed by atoms with E-state index >= 15 is 0 Å². The Bertz CT molecular complexity index is 442. The maximum absolute atomic E-state index is 13.6. The lowest BCUT2D eigenvalue weighted by atomic mass is 9.85. The first-order valence-corrected chi connectivity index (χ1v) is 7.12. The number of rotatable bonds is 7. The second-order valence-electron chi connectivity index (χ2n) is 4.97. The molecule has 0 spiro atoms. The summed E-state index contributed by atoms with van der Waals surface area (Å²) in [4.78, 5) is 0. The van der Waals surface area contributed by atoms with E-state index in [4.69, 9.17) is 9.47 Å². The van der Waals surface area contributed by atoms with Crippen molar-refractivity contribution in [3.63, 3.8) is 0 Å². The van der Waals surface area contributed by atoms with Gasteiger partial charge in [-0.2, -0.15) is 0 Å². The Kier molecular flexibility index (Phi) is 5.31. The van der Waals surface area contributed by atoms with Gasteiger partial charge < -0.3 is 14.8 Å². The van der Waals surface area contributed by atoms with Crippen LogP contribution in [0.25, 0.3) is 0 Å². The second kappa shape index (κ2) is 6.99. The molecule has 0 aromatic heterocycles. The molecule has 20 heavy (non-hydrogen) atoms. The minimum atomic E-state index is -0.675. The van der Waals surface area contributed by atoms with Gasteiger partial charge in [-0.15, -0.1) is 0 Å². The van der Waals surface area contributed by atoms with Gasteiger partial charge in [-0.1, -0.05) is 13.8 Å². The minimum Gasteiger partial charge on any atom is -0.485 e. The van der Waals surface area contributed by atoms with E-state index in [2.05, 4.69) is 5.32 Å². The Hall–Kier alpha value is -1.20. The van der Waals surface area contributed by atoms with Crippen molar-refractivity contribution < 1.29 is 18.3 Å². The molecule has 2 rings (SSSR count). The summed E-state index contributed by atoms with van der Waals surface area (Å²) in [5, 5.41) is 3.32. The first-order valence-electron chi connectivity index (χ1n) is 7.12. The molecular weight excluding hydrogens is 264 g/mol. The van der Waals surface area contributed by atoms with E-state index in [9.17, 15) is 8.78 Å². The summed E-state index contributed by atoms with van der Waals surface area (Å²) in [6.45, 7) is 5.58. The van der Waals surface area contributed by atoms with Crippen LogP contribution in [0.1, 0.15) is 26.7 Å². The number of benzene rings is 1. The minimum absolute atomic E-state index is 0.0800. The van der Waals surface area contributed by atoms with Crippen LogP contribution in [-0.4, -0.2) is 31.4 Å². The van der Waals surface area contributed by atoms with Gasteiger partial charge in [0.05, 0.1) is 0 Å². The van der Waals surface area contributed by atoms with Crippen LogP contribution < -0.4 is 10.1 Å². The zero-order chi connectivity index (χ0) is 14.5. The van der Waals surface area contributed by atoms with E-state index in [-0.39, 0.29) is 24.0 Å². The molecule has 1 fully saturated rings. The van der Waals surface area contributed by atoms with E-state index in [0.29, 0.717) is 6.61 Å². The average Bonchev–Trinajstić information content (AvgIpc) is 2.40. The van der Waals surface area contributed by atoms with Gasteiger partial charge >= 0.3 is 0 Å². The van der Waals surface area contributed by atoms with Crippen LogP contribution in [0, 0.1) is 11.6 Å². The van der Waals surface area contributed by atoms with Gasteiger partial charge in [0.2, 0.25) is 0 Å². The fourth-order valence-electron chi connectivity index (χ4n) is 2.37. The van der Waals surface area contributed by atoms with Gasteiger partial charge in [-0.3, -0.25) is 0 Å². The lowest BCUT2D eigenvalue weighted by Crippen LogP contribution is -2.61. The largest absolute Gasteiger partial charge is 0.485 e. The van der Waals surface area contributed by atoms with Crippen LogP contribution in [0.15, 0.2) is 18.2 Å². The third-order valence-corrected chi connectivity index (χ3v) is 3.40. The van der Waals surface area contributed by atoms with Crippen LogP contribution >= 0.6 is 0 Å². The molecule has 0 aliphatic heterocycles. The third-order valence-electron chi connectivity index (χ3n) is 3.40. The second-order valence-corrected chi connectivity index (χ2v) is 4.97. The molecule has 1 aromatic rings. The van der Waals surface area contributed by atoms with E-state index < -0.39 is 11.6 Å². The zero-order valence-electron chi connectivity index (χ0n) is 11.9. The van der Waals surface area contributed by atoms with Crippen LogP contribution in [0.5, 0.6) is 5.75 Å². The SMILES string of the molecule is CCCOC1C(NCC)CC1Oc1ccc(F)cc1F. The number of nitrogens with one attached hydrogen (secondary N) is 1. The molecule has 3 atom stereocenters. The van der Waals surface area contributed by atoms with Crippen molar-refractivity contribution in [1.82, 2.24) is 5.32 Å². The van der Waals surface area contributed by atoms with Crippen molar-refractivity contribution in [1.29, 1.82) is 0 Å². The topological polar surface area (TPSA) is 30.5 Å². The Morgan fingerprint density at radius 3 is 2.75 bits per heavy atom. The van der Waals surface area contributed by atoms with Gasteiger partial charge in [0.15, 0.2) is 11.6 Å². The number of hydrogen-bond donors (Lipinski definition) is 1. The summed E-state index contributed by atoms with van der Waals surface area (Å²) in [6.07, 6.45) is 1.41. The quantitative estimate of drug-likeness (QED) is 0.835. The molecule has 5 heteroatoms. The van der Waals surface area contributed by atoms with Crippen LogP contribution in [-0.2, 0) is 4.74 Å². The van der Waals surface area contributed by atoms with Crippen LogP contribution in [0.3, 0.4) is 0 Å². The lowest BCUT2D eigenvalue weighted by molar-refractivity contribution is -0.108. The van der Waals surface area contributed by atoms with E-state index in [1.807, 2.05) is 13.8 Å². The highest BCUT2D eigenvalue weighted by Crippen LogP contribution is 2.30. The normalized spacial score (nSPS) is 25.3. The molecule has 1 aromatic carbocycles.